The molecule has 0 saturated carbocycles. The summed E-state index contributed by atoms with van der Waals surface area (Å²) in [5, 5.41) is 16.8. The molecule has 1 aliphatic rings. The van der Waals surface area contributed by atoms with Crippen LogP contribution in [0.5, 0.6) is 0 Å². The van der Waals surface area contributed by atoms with E-state index in [0.29, 0.717) is 12.5 Å². The normalized spacial score (nSPS) is 19.2. The third-order valence-electron chi connectivity index (χ3n) is 5.22. The Morgan fingerprint density at radius 1 is 1.31 bits per heavy atom. The minimum Gasteiger partial charge on any atom is -0.374 e. The molecule has 0 bridgehead atoms. The van der Waals surface area contributed by atoms with Gasteiger partial charge < -0.3 is 25.2 Å². The van der Waals surface area contributed by atoms with Gasteiger partial charge in [-0.05, 0) is 32.7 Å². The molecule has 166 valence electrons. The van der Waals surface area contributed by atoms with E-state index in [1.54, 1.807) is 0 Å². The Kier molecular flexibility index (Phi) is 8.33. The van der Waals surface area contributed by atoms with Crippen LogP contribution in [0.25, 0.3) is 0 Å². The van der Waals surface area contributed by atoms with Crippen LogP contribution < -0.4 is 10.6 Å². The number of halogens is 3. The van der Waals surface area contributed by atoms with Gasteiger partial charge >= 0.3 is 6.18 Å². The van der Waals surface area contributed by atoms with Crippen molar-refractivity contribution in [2.24, 2.45) is 12.0 Å². The molecule has 1 aliphatic heterocycles. The summed E-state index contributed by atoms with van der Waals surface area (Å²) in [5.41, 5.74) is -3.04. The molecule has 0 aliphatic carbocycles. The van der Waals surface area contributed by atoms with Gasteiger partial charge in [0.05, 0.1) is 0 Å². The maximum absolute atomic E-state index is 13.6. The number of piperidine rings is 1. The summed E-state index contributed by atoms with van der Waals surface area (Å²) >= 11 is 0. The van der Waals surface area contributed by atoms with E-state index in [9.17, 15) is 18.3 Å². The highest BCUT2D eigenvalue weighted by Crippen LogP contribution is 2.40. The molecule has 29 heavy (non-hydrogen) atoms. The van der Waals surface area contributed by atoms with Crippen molar-refractivity contribution in [2.75, 3.05) is 32.7 Å². The van der Waals surface area contributed by atoms with E-state index in [4.69, 9.17) is 0 Å². The van der Waals surface area contributed by atoms with Crippen LogP contribution >= 0.6 is 0 Å². The number of rotatable bonds is 8. The Hall–Kier alpha value is -1.81. The van der Waals surface area contributed by atoms with Crippen molar-refractivity contribution in [2.45, 2.75) is 57.3 Å². The molecule has 1 saturated heterocycles. The van der Waals surface area contributed by atoms with Gasteiger partial charge in [-0.3, -0.25) is 4.99 Å². The first-order valence-corrected chi connectivity index (χ1v) is 10.2. The molecule has 1 fully saturated rings. The van der Waals surface area contributed by atoms with E-state index < -0.39 is 24.0 Å². The number of aliphatic hydroxyl groups is 1. The van der Waals surface area contributed by atoms with Crippen LogP contribution in [0.15, 0.2) is 17.4 Å². The van der Waals surface area contributed by atoms with Crippen LogP contribution in [0, 0.1) is 0 Å². The first-order valence-electron chi connectivity index (χ1n) is 10.2. The van der Waals surface area contributed by atoms with Crippen LogP contribution in [0.2, 0.25) is 0 Å². The highest BCUT2D eigenvalue weighted by atomic mass is 19.4. The van der Waals surface area contributed by atoms with Crippen LogP contribution in [-0.2, 0) is 12.6 Å². The van der Waals surface area contributed by atoms with E-state index in [2.05, 4.69) is 32.4 Å². The molecule has 2 rings (SSSR count). The molecule has 1 aromatic rings. The van der Waals surface area contributed by atoms with E-state index >= 15 is 0 Å². The number of aliphatic imine (C=N–C) groups is 1. The zero-order valence-corrected chi connectivity index (χ0v) is 17.5. The van der Waals surface area contributed by atoms with Gasteiger partial charge in [-0.2, -0.15) is 13.2 Å². The minimum absolute atomic E-state index is 0.188. The zero-order chi connectivity index (χ0) is 21.5. The van der Waals surface area contributed by atoms with Crippen molar-refractivity contribution in [3.05, 3.63) is 18.2 Å². The summed E-state index contributed by atoms with van der Waals surface area (Å²) in [5.74, 6) is 0.0484. The fraction of sp³-hybridized carbons (Fsp3) is 0.789. The maximum atomic E-state index is 13.6. The standard InChI is InChI=1S/C19H33F3N6O/c1-4-11-28-12-6-15(7-13-28)26-17(23-5-2)25-9-8-18(29,19(20,21)22)16-24-10-14-27(16)3/h10,14-15,29H,4-9,11-13H2,1-3H3,(H2,23,25,26). The van der Waals surface area contributed by atoms with Crippen molar-refractivity contribution in [3.63, 3.8) is 0 Å². The molecule has 3 N–H and O–H groups in total. The topological polar surface area (TPSA) is 77.7 Å². The molecule has 0 spiro atoms. The summed E-state index contributed by atoms with van der Waals surface area (Å²) in [6, 6.07) is 0.233. The monoisotopic (exact) mass is 418 g/mol. The quantitative estimate of drug-likeness (QED) is 0.445. The van der Waals surface area contributed by atoms with Gasteiger partial charge in [0.2, 0.25) is 5.60 Å². The summed E-state index contributed by atoms with van der Waals surface area (Å²) in [6.07, 6.45) is 0.221. The number of imidazole rings is 1. The summed E-state index contributed by atoms with van der Waals surface area (Å²) < 4.78 is 42.0. The van der Waals surface area contributed by atoms with E-state index in [-0.39, 0.29) is 12.6 Å². The Morgan fingerprint density at radius 2 is 2.00 bits per heavy atom. The van der Waals surface area contributed by atoms with Crippen LogP contribution in [0.1, 0.15) is 45.4 Å². The fourth-order valence-electron chi connectivity index (χ4n) is 3.60. The molecule has 0 amide bonds. The summed E-state index contributed by atoms with van der Waals surface area (Å²) in [7, 11) is 1.43. The number of hydrogen-bond acceptors (Lipinski definition) is 4. The van der Waals surface area contributed by atoms with Gasteiger partial charge in [-0.25, -0.2) is 4.98 Å². The maximum Gasteiger partial charge on any atom is 0.424 e. The average molecular weight is 419 g/mol. The van der Waals surface area contributed by atoms with E-state index in [0.717, 1.165) is 38.9 Å². The first kappa shape index (κ1) is 23.5. The van der Waals surface area contributed by atoms with Gasteiger partial charge in [-0.15, -0.1) is 0 Å². The highest BCUT2D eigenvalue weighted by molar-refractivity contribution is 5.80. The number of hydrogen-bond donors (Lipinski definition) is 3. The molecule has 1 atom stereocenters. The minimum atomic E-state index is -4.85. The lowest BCUT2D eigenvalue weighted by molar-refractivity contribution is -0.272. The van der Waals surface area contributed by atoms with Crippen molar-refractivity contribution in [1.82, 2.24) is 25.1 Å². The molecule has 0 radical (unpaired) electrons. The van der Waals surface area contributed by atoms with Crippen LogP contribution in [0.4, 0.5) is 13.2 Å². The molecular formula is C19H33F3N6O. The predicted octanol–water partition coefficient (Wildman–Crippen LogP) is 1.99. The molecule has 10 heteroatoms. The first-order chi connectivity index (χ1) is 13.7. The highest BCUT2D eigenvalue weighted by Gasteiger charge is 2.57. The van der Waals surface area contributed by atoms with Gasteiger partial charge in [0.15, 0.2) is 5.96 Å². The van der Waals surface area contributed by atoms with Crippen LogP contribution in [-0.4, -0.2) is 70.5 Å². The second-order valence-electron chi connectivity index (χ2n) is 7.49. The largest absolute Gasteiger partial charge is 0.424 e. The lowest BCUT2D eigenvalue weighted by atomic mass is 9.98. The fourth-order valence-corrected chi connectivity index (χ4v) is 3.60. The van der Waals surface area contributed by atoms with Crippen molar-refractivity contribution in [3.8, 4) is 0 Å². The second kappa shape index (κ2) is 10.3. The number of aromatic nitrogens is 2. The number of aryl methyl sites for hydroxylation is 1. The SMILES string of the molecule is CCCN1CCC(NC(=NCCC(O)(c2nccn2C)C(F)(F)F)NCC)CC1. The third kappa shape index (κ3) is 6.08. The molecule has 0 aromatic carbocycles. The predicted molar refractivity (Wildman–Crippen MR) is 107 cm³/mol. The zero-order valence-electron chi connectivity index (χ0n) is 17.5. The van der Waals surface area contributed by atoms with Crippen molar-refractivity contribution < 1.29 is 18.3 Å². The van der Waals surface area contributed by atoms with Gasteiger partial charge in [0.1, 0.15) is 5.82 Å². The molecule has 1 aromatic heterocycles. The Labute approximate surface area is 170 Å². The average Bonchev–Trinajstić information content (AvgIpc) is 3.09. The van der Waals surface area contributed by atoms with Gasteiger partial charge in [0, 0.05) is 58.1 Å². The van der Waals surface area contributed by atoms with Gasteiger partial charge in [0.25, 0.3) is 0 Å². The number of alkyl halides is 3. The van der Waals surface area contributed by atoms with Crippen molar-refractivity contribution in [1.29, 1.82) is 0 Å². The Morgan fingerprint density at radius 3 is 2.52 bits per heavy atom. The summed E-state index contributed by atoms with van der Waals surface area (Å²) in [6.45, 7) is 7.56. The second-order valence-corrected chi connectivity index (χ2v) is 7.49. The summed E-state index contributed by atoms with van der Waals surface area (Å²) in [4.78, 5) is 10.4. The van der Waals surface area contributed by atoms with E-state index in [1.807, 2.05) is 6.92 Å². The van der Waals surface area contributed by atoms with E-state index in [1.165, 1.54) is 24.0 Å². The lowest BCUT2D eigenvalue weighted by Crippen LogP contribution is -2.49. The van der Waals surface area contributed by atoms with Crippen LogP contribution in [0.3, 0.4) is 0 Å². The number of guanidine groups is 1. The Balaban J connectivity index is 2.01. The molecule has 2 heterocycles. The molecule has 1 unspecified atom stereocenters. The number of nitrogens with one attached hydrogen (secondary N) is 2. The number of likely N-dealkylation sites (tertiary alicyclic amines) is 1. The van der Waals surface area contributed by atoms with Gasteiger partial charge in [-0.1, -0.05) is 6.92 Å². The molecular weight excluding hydrogens is 385 g/mol. The lowest BCUT2D eigenvalue weighted by Gasteiger charge is -2.33. The Bertz CT molecular complexity index is 655. The number of nitrogens with zero attached hydrogens (tertiary/aromatic N) is 4. The molecule has 7 nitrogen and oxygen atoms in total. The smallest absolute Gasteiger partial charge is 0.374 e. The van der Waals surface area contributed by atoms with Crippen molar-refractivity contribution >= 4 is 5.96 Å². The third-order valence-corrected chi connectivity index (χ3v) is 5.22.